The molecule has 1 saturated heterocycles. The number of nitrogens with zero attached hydrogens (tertiary/aromatic N) is 1. The monoisotopic (exact) mass is 357 g/mol. The zero-order valence-electron chi connectivity index (χ0n) is 14.7. The van der Waals surface area contributed by atoms with Gasteiger partial charge in [-0.25, -0.2) is 4.39 Å². The van der Waals surface area contributed by atoms with Crippen molar-refractivity contribution in [3.8, 4) is 5.75 Å². The van der Waals surface area contributed by atoms with Gasteiger partial charge in [-0.15, -0.1) is 0 Å². The molecule has 0 saturated carbocycles. The number of halogens is 1. The van der Waals surface area contributed by atoms with E-state index in [9.17, 15) is 9.50 Å². The molecule has 26 heavy (non-hydrogen) atoms. The van der Waals surface area contributed by atoms with Crippen LogP contribution in [0.5, 0.6) is 5.75 Å². The second-order valence-electron chi connectivity index (χ2n) is 7.15. The third kappa shape index (κ3) is 3.75. The van der Waals surface area contributed by atoms with Crippen LogP contribution in [0.2, 0.25) is 0 Å². The molecule has 4 nitrogen and oxygen atoms in total. The summed E-state index contributed by atoms with van der Waals surface area (Å²) in [5.41, 5.74) is 2.55. The summed E-state index contributed by atoms with van der Waals surface area (Å²) in [6.45, 7) is 2.95. The summed E-state index contributed by atoms with van der Waals surface area (Å²) in [7, 11) is 0. The Morgan fingerprint density at radius 2 is 2.04 bits per heavy atom. The summed E-state index contributed by atoms with van der Waals surface area (Å²) in [5.74, 6) is 0.770. The molecule has 2 aliphatic rings. The van der Waals surface area contributed by atoms with E-state index in [1.165, 1.54) is 6.07 Å². The first-order valence-corrected chi connectivity index (χ1v) is 9.20. The molecule has 0 bridgehead atoms. The Morgan fingerprint density at radius 1 is 1.19 bits per heavy atom. The van der Waals surface area contributed by atoms with E-state index < -0.39 is 6.29 Å². The lowest BCUT2D eigenvalue weighted by atomic mass is 9.98. The molecule has 2 aliphatic heterocycles. The van der Waals surface area contributed by atoms with Gasteiger partial charge in [-0.3, -0.25) is 4.90 Å². The first-order chi connectivity index (χ1) is 12.7. The minimum atomic E-state index is -0.473. The fourth-order valence-corrected chi connectivity index (χ4v) is 3.85. The Balaban J connectivity index is 1.57. The van der Waals surface area contributed by atoms with Crippen molar-refractivity contribution in [2.45, 2.75) is 32.3 Å². The van der Waals surface area contributed by atoms with Gasteiger partial charge in [0.05, 0.1) is 6.61 Å². The molecule has 0 aromatic heterocycles. The standard InChI is InChI=1S/C21H24FNO3/c22-19-9-17(12-23-8-4-5-15(11-23)13-24)20-18(10-19)14-25-21(26-20)16-6-2-1-3-7-16/h1-3,6-7,9-10,15,21,24H,4-5,8,11-14H2/t15-,21-/m0/s1. The van der Waals surface area contributed by atoms with E-state index in [1.807, 2.05) is 30.3 Å². The average Bonchev–Trinajstić information content (AvgIpc) is 2.68. The summed E-state index contributed by atoms with van der Waals surface area (Å²) in [6.07, 6.45) is 1.63. The summed E-state index contributed by atoms with van der Waals surface area (Å²) < 4.78 is 26.0. The number of rotatable bonds is 4. The third-order valence-corrected chi connectivity index (χ3v) is 5.15. The van der Waals surface area contributed by atoms with E-state index in [-0.39, 0.29) is 12.4 Å². The molecule has 0 unspecified atom stereocenters. The summed E-state index contributed by atoms with van der Waals surface area (Å²) >= 11 is 0. The fraction of sp³-hybridized carbons (Fsp3) is 0.429. The zero-order valence-corrected chi connectivity index (χ0v) is 14.7. The first kappa shape index (κ1) is 17.5. The quantitative estimate of drug-likeness (QED) is 0.907. The lowest BCUT2D eigenvalue weighted by Gasteiger charge is -2.34. The molecule has 2 atom stereocenters. The third-order valence-electron chi connectivity index (χ3n) is 5.15. The van der Waals surface area contributed by atoms with Crippen molar-refractivity contribution in [2.75, 3.05) is 19.7 Å². The molecule has 1 N–H and O–H groups in total. The zero-order chi connectivity index (χ0) is 17.9. The van der Waals surface area contributed by atoms with Crippen LogP contribution in [0.25, 0.3) is 0 Å². The van der Waals surface area contributed by atoms with Crippen LogP contribution in [-0.2, 0) is 17.9 Å². The molecule has 5 heteroatoms. The van der Waals surface area contributed by atoms with E-state index in [4.69, 9.17) is 9.47 Å². The summed E-state index contributed by atoms with van der Waals surface area (Å²) in [6, 6.07) is 12.8. The van der Waals surface area contributed by atoms with E-state index in [2.05, 4.69) is 4.90 Å². The van der Waals surface area contributed by atoms with Gasteiger partial charge in [0.15, 0.2) is 0 Å². The SMILES string of the molecule is OC[C@H]1CCCN(Cc2cc(F)cc3c2O[C@@H](c2ccccc2)OC3)C1. The van der Waals surface area contributed by atoms with Crippen molar-refractivity contribution < 1.29 is 19.0 Å². The molecule has 2 heterocycles. The van der Waals surface area contributed by atoms with Crippen LogP contribution in [0.15, 0.2) is 42.5 Å². The highest BCUT2D eigenvalue weighted by Gasteiger charge is 2.27. The van der Waals surface area contributed by atoms with Gasteiger partial charge in [0, 0.05) is 36.4 Å². The predicted octanol–water partition coefficient (Wildman–Crippen LogP) is 3.64. The van der Waals surface area contributed by atoms with Crippen molar-refractivity contribution in [1.29, 1.82) is 0 Å². The number of fused-ring (bicyclic) bond motifs is 1. The normalized spacial score (nSPS) is 23.3. The smallest absolute Gasteiger partial charge is 0.227 e. The van der Waals surface area contributed by atoms with E-state index in [0.717, 1.165) is 48.4 Å². The van der Waals surface area contributed by atoms with E-state index in [1.54, 1.807) is 6.07 Å². The maximum absolute atomic E-state index is 14.1. The van der Waals surface area contributed by atoms with Crippen LogP contribution in [-0.4, -0.2) is 29.7 Å². The van der Waals surface area contributed by atoms with Crippen LogP contribution in [0.3, 0.4) is 0 Å². The maximum atomic E-state index is 14.1. The lowest BCUT2D eigenvalue weighted by Crippen LogP contribution is -2.36. The number of hydrogen-bond acceptors (Lipinski definition) is 4. The van der Waals surface area contributed by atoms with Gasteiger partial charge >= 0.3 is 0 Å². The highest BCUT2D eigenvalue weighted by atomic mass is 19.1. The molecular weight excluding hydrogens is 333 g/mol. The van der Waals surface area contributed by atoms with Gasteiger partial charge in [-0.1, -0.05) is 30.3 Å². The van der Waals surface area contributed by atoms with Crippen molar-refractivity contribution in [2.24, 2.45) is 5.92 Å². The molecule has 2 aromatic rings. The van der Waals surface area contributed by atoms with Gasteiger partial charge < -0.3 is 14.6 Å². The van der Waals surface area contributed by atoms with Gasteiger partial charge in [-0.05, 0) is 37.4 Å². The average molecular weight is 357 g/mol. The van der Waals surface area contributed by atoms with Crippen molar-refractivity contribution in [1.82, 2.24) is 4.90 Å². The molecular formula is C21H24FNO3. The second kappa shape index (κ2) is 7.74. The molecule has 0 amide bonds. The highest BCUT2D eigenvalue weighted by molar-refractivity contribution is 5.43. The molecule has 2 aromatic carbocycles. The number of benzene rings is 2. The van der Waals surface area contributed by atoms with Gasteiger partial charge in [-0.2, -0.15) is 0 Å². The van der Waals surface area contributed by atoms with Crippen molar-refractivity contribution >= 4 is 0 Å². The van der Waals surface area contributed by atoms with Crippen LogP contribution in [0, 0.1) is 11.7 Å². The fourth-order valence-electron chi connectivity index (χ4n) is 3.85. The minimum Gasteiger partial charge on any atom is -0.460 e. The molecule has 0 spiro atoms. The molecule has 4 rings (SSSR count). The molecule has 0 aliphatic carbocycles. The highest BCUT2D eigenvalue weighted by Crippen LogP contribution is 2.37. The Kier molecular flexibility index (Phi) is 5.20. The second-order valence-corrected chi connectivity index (χ2v) is 7.15. The Labute approximate surface area is 153 Å². The molecule has 138 valence electrons. The number of aliphatic hydroxyl groups is 1. The van der Waals surface area contributed by atoms with Crippen molar-refractivity contribution in [3.63, 3.8) is 0 Å². The van der Waals surface area contributed by atoms with Crippen LogP contribution < -0.4 is 4.74 Å². The molecule has 0 radical (unpaired) electrons. The Hall–Kier alpha value is -1.95. The van der Waals surface area contributed by atoms with Crippen LogP contribution in [0.1, 0.15) is 35.8 Å². The predicted molar refractivity (Wildman–Crippen MR) is 96.1 cm³/mol. The molecule has 1 fully saturated rings. The summed E-state index contributed by atoms with van der Waals surface area (Å²) in [5, 5.41) is 9.44. The number of hydrogen-bond donors (Lipinski definition) is 1. The van der Waals surface area contributed by atoms with E-state index in [0.29, 0.717) is 19.1 Å². The minimum absolute atomic E-state index is 0.207. The number of piperidine rings is 1. The van der Waals surface area contributed by atoms with Gasteiger partial charge in [0.25, 0.3) is 0 Å². The van der Waals surface area contributed by atoms with Crippen molar-refractivity contribution in [3.05, 3.63) is 65.0 Å². The maximum Gasteiger partial charge on any atom is 0.227 e. The summed E-state index contributed by atoms with van der Waals surface area (Å²) in [4.78, 5) is 2.27. The van der Waals surface area contributed by atoms with Crippen LogP contribution >= 0.6 is 0 Å². The topological polar surface area (TPSA) is 41.9 Å². The van der Waals surface area contributed by atoms with Gasteiger partial charge in [0.1, 0.15) is 11.6 Å². The Morgan fingerprint density at radius 3 is 2.85 bits per heavy atom. The number of likely N-dealkylation sites (tertiary alicyclic amines) is 1. The number of ether oxygens (including phenoxy) is 2. The van der Waals surface area contributed by atoms with E-state index >= 15 is 0 Å². The first-order valence-electron chi connectivity index (χ1n) is 9.20. The van der Waals surface area contributed by atoms with Gasteiger partial charge in [0.2, 0.25) is 6.29 Å². The Bertz CT molecular complexity index is 752. The largest absolute Gasteiger partial charge is 0.460 e. The number of aliphatic hydroxyl groups excluding tert-OH is 1. The van der Waals surface area contributed by atoms with Crippen LogP contribution in [0.4, 0.5) is 4.39 Å². The lowest BCUT2D eigenvalue weighted by molar-refractivity contribution is -0.112.